The van der Waals surface area contributed by atoms with Crippen LogP contribution in [0.4, 0.5) is 10.5 Å². The molecule has 3 aromatic rings. The fourth-order valence-corrected chi connectivity index (χ4v) is 2.91. The summed E-state index contributed by atoms with van der Waals surface area (Å²) in [6.45, 7) is 2.29. The number of carbonyl (C=O) groups excluding carboxylic acids is 2. The van der Waals surface area contributed by atoms with E-state index in [4.69, 9.17) is 4.74 Å². The highest BCUT2D eigenvalue weighted by atomic mass is 16.5. The molecule has 0 aliphatic carbocycles. The summed E-state index contributed by atoms with van der Waals surface area (Å²) < 4.78 is 5.53. The molecule has 6 nitrogen and oxygen atoms in total. The van der Waals surface area contributed by atoms with Crippen LogP contribution in [0.15, 0.2) is 66.7 Å². The summed E-state index contributed by atoms with van der Waals surface area (Å²) in [5.41, 5.74) is 1.72. The van der Waals surface area contributed by atoms with Gasteiger partial charge in [-0.3, -0.25) is 4.79 Å². The number of rotatable bonds is 6. The first-order valence-corrected chi connectivity index (χ1v) is 9.56. The predicted molar refractivity (Wildman–Crippen MR) is 118 cm³/mol. The number of fused-ring (bicyclic) bond motifs is 1. The zero-order chi connectivity index (χ0) is 21.2. The molecule has 0 saturated carbocycles. The number of anilines is 1. The van der Waals surface area contributed by atoms with E-state index < -0.39 is 0 Å². The summed E-state index contributed by atoms with van der Waals surface area (Å²) in [6.07, 6.45) is 0. The Labute approximate surface area is 175 Å². The molecule has 0 spiro atoms. The molecule has 30 heavy (non-hydrogen) atoms. The van der Waals surface area contributed by atoms with Crippen molar-refractivity contribution in [3.63, 3.8) is 0 Å². The number of ether oxygens (including phenoxy) is 1. The van der Waals surface area contributed by atoms with Gasteiger partial charge in [0.1, 0.15) is 12.4 Å². The first kappa shape index (κ1) is 20.7. The molecule has 0 aliphatic heterocycles. The minimum absolute atomic E-state index is 0.142. The number of carbonyl (C=O) groups is 2. The van der Waals surface area contributed by atoms with E-state index in [1.54, 1.807) is 24.3 Å². The maximum absolute atomic E-state index is 12.0. The molecular formula is C24H23N3O3. The Morgan fingerprint density at radius 2 is 1.73 bits per heavy atom. The lowest BCUT2D eigenvalue weighted by molar-refractivity contribution is -0.114. The van der Waals surface area contributed by atoms with Gasteiger partial charge in [0.2, 0.25) is 5.91 Å². The quantitative estimate of drug-likeness (QED) is 0.551. The van der Waals surface area contributed by atoms with Crippen LogP contribution in [0.1, 0.15) is 12.5 Å². The van der Waals surface area contributed by atoms with Crippen LogP contribution < -0.4 is 20.7 Å². The van der Waals surface area contributed by atoms with Gasteiger partial charge in [0, 0.05) is 25.2 Å². The van der Waals surface area contributed by atoms with Crippen LogP contribution in [0.25, 0.3) is 10.8 Å². The van der Waals surface area contributed by atoms with Gasteiger partial charge in [0.05, 0.1) is 6.54 Å². The Bertz CT molecular complexity index is 1090. The van der Waals surface area contributed by atoms with Crippen molar-refractivity contribution in [3.8, 4) is 17.6 Å². The SMILES string of the molecule is CC(=O)Nc1cccc(OCC#CCNC(=O)NCc2cccc3ccccc23)c1. The Kier molecular flexibility index (Phi) is 7.28. The van der Waals surface area contributed by atoms with E-state index in [0.29, 0.717) is 18.0 Å². The van der Waals surface area contributed by atoms with Gasteiger partial charge in [-0.15, -0.1) is 0 Å². The fourth-order valence-electron chi connectivity index (χ4n) is 2.91. The van der Waals surface area contributed by atoms with Crippen LogP contribution in [0, 0.1) is 11.8 Å². The maximum Gasteiger partial charge on any atom is 0.315 e. The molecule has 0 fully saturated rings. The van der Waals surface area contributed by atoms with Crippen molar-refractivity contribution in [2.45, 2.75) is 13.5 Å². The molecule has 0 radical (unpaired) electrons. The minimum atomic E-state index is -0.277. The molecule has 0 unspecified atom stereocenters. The molecule has 152 valence electrons. The van der Waals surface area contributed by atoms with Gasteiger partial charge in [-0.2, -0.15) is 0 Å². The maximum atomic E-state index is 12.0. The summed E-state index contributed by atoms with van der Waals surface area (Å²) in [4.78, 5) is 23.1. The molecule has 0 bridgehead atoms. The van der Waals surface area contributed by atoms with E-state index in [1.165, 1.54) is 6.92 Å². The largest absolute Gasteiger partial charge is 0.481 e. The van der Waals surface area contributed by atoms with Crippen LogP contribution in [0.3, 0.4) is 0 Å². The van der Waals surface area contributed by atoms with E-state index >= 15 is 0 Å². The van der Waals surface area contributed by atoms with Crippen molar-refractivity contribution in [1.82, 2.24) is 10.6 Å². The van der Waals surface area contributed by atoms with E-state index in [-0.39, 0.29) is 25.1 Å². The molecule has 0 saturated heterocycles. The van der Waals surface area contributed by atoms with Crippen molar-refractivity contribution in [1.29, 1.82) is 0 Å². The molecule has 0 aromatic heterocycles. The third-order valence-corrected chi connectivity index (χ3v) is 4.25. The lowest BCUT2D eigenvalue weighted by Gasteiger charge is -2.08. The lowest BCUT2D eigenvalue weighted by atomic mass is 10.0. The van der Waals surface area contributed by atoms with E-state index in [2.05, 4.69) is 27.8 Å². The predicted octanol–water partition coefficient (Wildman–Crippen LogP) is 3.68. The number of hydrogen-bond donors (Lipinski definition) is 3. The number of benzene rings is 3. The molecule has 0 aliphatic rings. The topological polar surface area (TPSA) is 79.5 Å². The van der Waals surface area contributed by atoms with Crippen molar-refractivity contribution >= 4 is 28.4 Å². The van der Waals surface area contributed by atoms with Crippen molar-refractivity contribution < 1.29 is 14.3 Å². The summed E-state index contributed by atoms with van der Waals surface area (Å²) in [5.74, 6) is 6.16. The first-order valence-electron chi connectivity index (χ1n) is 9.56. The van der Waals surface area contributed by atoms with E-state index in [1.807, 2.05) is 42.5 Å². The van der Waals surface area contributed by atoms with Gasteiger partial charge in [-0.1, -0.05) is 60.4 Å². The second-order valence-electron chi connectivity index (χ2n) is 6.53. The number of nitrogens with one attached hydrogen (secondary N) is 3. The van der Waals surface area contributed by atoms with Gasteiger partial charge < -0.3 is 20.7 Å². The molecule has 3 amide bonds. The lowest BCUT2D eigenvalue weighted by Crippen LogP contribution is -2.35. The Hall–Kier alpha value is -3.98. The van der Waals surface area contributed by atoms with Crippen LogP contribution in [-0.4, -0.2) is 25.1 Å². The highest BCUT2D eigenvalue weighted by Crippen LogP contribution is 2.18. The highest BCUT2D eigenvalue weighted by Gasteiger charge is 2.03. The van der Waals surface area contributed by atoms with Gasteiger partial charge in [-0.05, 0) is 28.5 Å². The van der Waals surface area contributed by atoms with Crippen LogP contribution in [0.5, 0.6) is 5.75 Å². The highest BCUT2D eigenvalue weighted by molar-refractivity contribution is 5.88. The van der Waals surface area contributed by atoms with Gasteiger partial charge in [0.15, 0.2) is 0 Å². The molecular weight excluding hydrogens is 378 g/mol. The summed E-state index contributed by atoms with van der Waals surface area (Å²) in [7, 11) is 0. The molecule has 3 rings (SSSR count). The molecule has 3 aromatic carbocycles. The molecule has 6 heteroatoms. The fraction of sp³-hybridized carbons (Fsp3) is 0.167. The van der Waals surface area contributed by atoms with E-state index in [0.717, 1.165) is 16.3 Å². The normalized spacial score (nSPS) is 9.90. The summed E-state index contributed by atoms with van der Waals surface area (Å²) in [6, 6.07) is 20.9. The van der Waals surface area contributed by atoms with Crippen molar-refractivity contribution in [3.05, 3.63) is 72.3 Å². The monoisotopic (exact) mass is 401 g/mol. The second-order valence-corrected chi connectivity index (χ2v) is 6.53. The van der Waals surface area contributed by atoms with Crippen LogP contribution in [0.2, 0.25) is 0 Å². The first-order chi connectivity index (χ1) is 14.6. The number of amides is 3. The van der Waals surface area contributed by atoms with Gasteiger partial charge in [0.25, 0.3) is 0 Å². The Morgan fingerprint density at radius 1 is 0.933 bits per heavy atom. The standard InChI is InChI=1S/C24H23N3O3/c1-18(28)27-21-11-7-12-22(16-21)30-15-5-4-14-25-24(29)26-17-20-10-6-9-19-8-2-3-13-23(19)20/h2-3,6-13,16H,14-15,17H2,1H3,(H,27,28)(H2,25,26,29). The van der Waals surface area contributed by atoms with Crippen molar-refractivity contribution in [2.24, 2.45) is 0 Å². The van der Waals surface area contributed by atoms with Gasteiger partial charge in [-0.25, -0.2) is 4.79 Å². The van der Waals surface area contributed by atoms with Crippen molar-refractivity contribution in [2.75, 3.05) is 18.5 Å². The second kappa shape index (κ2) is 10.5. The van der Waals surface area contributed by atoms with Crippen LogP contribution >= 0.6 is 0 Å². The third kappa shape index (κ3) is 6.28. The number of urea groups is 1. The Balaban J connectivity index is 1.39. The molecule has 3 N–H and O–H groups in total. The smallest absolute Gasteiger partial charge is 0.315 e. The summed E-state index contributed by atoms with van der Waals surface area (Å²) >= 11 is 0. The molecule has 0 atom stereocenters. The van der Waals surface area contributed by atoms with Crippen LogP contribution in [-0.2, 0) is 11.3 Å². The van der Waals surface area contributed by atoms with E-state index in [9.17, 15) is 9.59 Å². The zero-order valence-electron chi connectivity index (χ0n) is 16.7. The van der Waals surface area contributed by atoms with Gasteiger partial charge >= 0.3 is 6.03 Å². The Morgan fingerprint density at radius 3 is 2.60 bits per heavy atom. The third-order valence-electron chi connectivity index (χ3n) is 4.25. The zero-order valence-corrected chi connectivity index (χ0v) is 16.7. The average molecular weight is 401 g/mol. The average Bonchev–Trinajstić information content (AvgIpc) is 2.74. The number of hydrogen-bond acceptors (Lipinski definition) is 3. The molecule has 0 heterocycles. The summed E-state index contributed by atoms with van der Waals surface area (Å²) in [5, 5.41) is 10.5. The minimum Gasteiger partial charge on any atom is -0.481 e.